The molecule has 0 amide bonds. The average molecular weight is 245 g/mol. The third-order valence-electron chi connectivity index (χ3n) is 2.60. The van der Waals surface area contributed by atoms with Crippen LogP contribution in [0.5, 0.6) is 0 Å². The van der Waals surface area contributed by atoms with Crippen LogP contribution < -0.4 is 10.6 Å². The second-order valence-corrected chi connectivity index (χ2v) is 4.64. The predicted octanol–water partition coefficient (Wildman–Crippen LogP) is 2.10. The molecule has 0 aliphatic carbocycles. The lowest BCUT2D eigenvalue weighted by molar-refractivity contribution is 0.417. The molecule has 0 unspecified atom stereocenters. The van der Waals surface area contributed by atoms with Crippen molar-refractivity contribution in [3.8, 4) is 0 Å². The topological polar surface area (TPSA) is 24.1 Å². The minimum absolute atomic E-state index is 0.453. The molecule has 1 aliphatic heterocycles. The van der Waals surface area contributed by atoms with Crippen molar-refractivity contribution in [2.45, 2.75) is 12.5 Å². The molecule has 15 heavy (non-hydrogen) atoms. The van der Waals surface area contributed by atoms with Gasteiger partial charge in [0, 0.05) is 35.7 Å². The van der Waals surface area contributed by atoms with Gasteiger partial charge in [-0.05, 0) is 30.2 Å². The average Bonchev–Trinajstić information content (AvgIpc) is 2.25. The molecule has 2 nitrogen and oxygen atoms in total. The van der Waals surface area contributed by atoms with Gasteiger partial charge in [0.2, 0.25) is 0 Å². The highest BCUT2D eigenvalue weighted by atomic mass is 35.5. The summed E-state index contributed by atoms with van der Waals surface area (Å²) in [6.45, 7) is 3.05. The smallest absolute Gasteiger partial charge is 0.0439 e. The summed E-state index contributed by atoms with van der Waals surface area (Å²) >= 11 is 12.0. The van der Waals surface area contributed by atoms with Gasteiger partial charge in [-0.25, -0.2) is 0 Å². The summed E-state index contributed by atoms with van der Waals surface area (Å²) in [6.07, 6.45) is 0.923. The summed E-state index contributed by atoms with van der Waals surface area (Å²) in [5, 5.41) is 8.35. The van der Waals surface area contributed by atoms with E-state index in [9.17, 15) is 0 Å². The summed E-state index contributed by atoms with van der Waals surface area (Å²) < 4.78 is 0. The number of hydrogen-bond acceptors (Lipinski definition) is 2. The van der Waals surface area contributed by atoms with E-state index in [1.54, 1.807) is 0 Å². The largest absolute Gasteiger partial charge is 0.314 e. The van der Waals surface area contributed by atoms with E-state index in [4.69, 9.17) is 23.2 Å². The molecule has 0 bridgehead atoms. The van der Waals surface area contributed by atoms with Gasteiger partial charge in [-0.2, -0.15) is 0 Å². The Morgan fingerprint density at radius 3 is 2.87 bits per heavy atom. The molecule has 1 atom stereocenters. The molecule has 1 aliphatic rings. The minimum atomic E-state index is 0.453. The van der Waals surface area contributed by atoms with Crippen LogP contribution in [-0.2, 0) is 6.42 Å². The van der Waals surface area contributed by atoms with Crippen LogP contribution in [0.15, 0.2) is 18.2 Å². The van der Waals surface area contributed by atoms with Crippen LogP contribution in [0, 0.1) is 0 Å². The number of halogens is 2. The Labute approximate surface area is 100.0 Å². The third kappa shape index (κ3) is 3.08. The Morgan fingerprint density at radius 1 is 1.27 bits per heavy atom. The van der Waals surface area contributed by atoms with Gasteiger partial charge in [0.1, 0.15) is 0 Å². The quantitative estimate of drug-likeness (QED) is 0.833. The fourth-order valence-electron chi connectivity index (χ4n) is 1.82. The lowest BCUT2D eigenvalue weighted by Crippen LogP contribution is -2.49. The van der Waals surface area contributed by atoms with Crippen molar-refractivity contribution in [2.24, 2.45) is 0 Å². The molecule has 82 valence electrons. The van der Waals surface area contributed by atoms with Gasteiger partial charge in [0.05, 0.1) is 0 Å². The maximum atomic E-state index is 6.11. The van der Waals surface area contributed by atoms with E-state index >= 15 is 0 Å². The number of piperazine rings is 1. The van der Waals surface area contributed by atoms with Crippen LogP contribution in [0.2, 0.25) is 10.0 Å². The third-order valence-corrected chi connectivity index (χ3v) is 3.20. The zero-order valence-corrected chi connectivity index (χ0v) is 9.91. The van der Waals surface area contributed by atoms with Crippen LogP contribution in [0.1, 0.15) is 5.56 Å². The maximum absolute atomic E-state index is 6.11. The lowest BCUT2D eigenvalue weighted by Gasteiger charge is -2.24. The molecule has 2 N–H and O–H groups in total. The van der Waals surface area contributed by atoms with Gasteiger partial charge in [-0.15, -0.1) is 0 Å². The van der Waals surface area contributed by atoms with E-state index in [1.165, 1.54) is 0 Å². The monoisotopic (exact) mass is 244 g/mol. The van der Waals surface area contributed by atoms with Gasteiger partial charge in [-0.1, -0.05) is 23.2 Å². The van der Waals surface area contributed by atoms with Crippen molar-refractivity contribution in [1.29, 1.82) is 0 Å². The van der Waals surface area contributed by atoms with Crippen LogP contribution in [-0.4, -0.2) is 25.7 Å². The Kier molecular flexibility index (Phi) is 3.87. The van der Waals surface area contributed by atoms with Crippen molar-refractivity contribution in [3.63, 3.8) is 0 Å². The molecule has 0 radical (unpaired) electrons. The molecule has 0 spiro atoms. The van der Waals surface area contributed by atoms with Gasteiger partial charge in [0.25, 0.3) is 0 Å². The molecule has 0 saturated carbocycles. The fraction of sp³-hybridized carbons (Fsp3) is 0.455. The highest BCUT2D eigenvalue weighted by Gasteiger charge is 2.14. The first-order chi connectivity index (χ1) is 7.25. The number of hydrogen-bond donors (Lipinski definition) is 2. The summed E-state index contributed by atoms with van der Waals surface area (Å²) in [4.78, 5) is 0. The summed E-state index contributed by atoms with van der Waals surface area (Å²) in [6, 6.07) is 6.07. The lowest BCUT2D eigenvalue weighted by atomic mass is 10.0. The predicted molar refractivity (Wildman–Crippen MR) is 64.8 cm³/mol. The van der Waals surface area contributed by atoms with Crippen molar-refractivity contribution in [2.75, 3.05) is 19.6 Å². The van der Waals surface area contributed by atoms with Gasteiger partial charge >= 0.3 is 0 Å². The number of rotatable bonds is 2. The Morgan fingerprint density at radius 2 is 2.13 bits per heavy atom. The van der Waals surface area contributed by atoms with E-state index in [1.807, 2.05) is 18.2 Å². The van der Waals surface area contributed by atoms with Gasteiger partial charge < -0.3 is 10.6 Å². The Bertz CT molecular complexity index is 335. The van der Waals surface area contributed by atoms with Gasteiger partial charge in [0.15, 0.2) is 0 Å². The zero-order valence-electron chi connectivity index (χ0n) is 8.39. The number of nitrogens with one attached hydrogen (secondary N) is 2. The van der Waals surface area contributed by atoms with E-state index in [2.05, 4.69) is 10.6 Å². The van der Waals surface area contributed by atoms with Crippen molar-refractivity contribution >= 4 is 23.2 Å². The summed E-state index contributed by atoms with van der Waals surface area (Å²) in [5.74, 6) is 0. The Balaban J connectivity index is 2.05. The standard InChI is InChI=1S/C11H14Cl2N2/c12-9-1-2-11(13)8(5-9)6-10-7-14-3-4-15-10/h1-2,5,10,14-15H,3-4,6-7H2/t10-/m1/s1. The molecule has 1 saturated heterocycles. The van der Waals surface area contributed by atoms with Crippen LogP contribution in [0.4, 0.5) is 0 Å². The zero-order chi connectivity index (χ0) is 10.7. The molecule has 1 aromatic carbocycles. The molecular weight excluding hydrogens is 231 g/mol. The normalized spacial score (nSPS) is 21.6. The first-order valence-corrected chi connectivity index (χ1v) is 5.89. The van der Waals surface area contributed by atoms with Crippen LogP contribution in [0.25, 0.3) is 0 Å². The SMILES string of the molecule is Clc1ccc(Cl)c(C[C@@H]2CNCCN2)c1. The van der Waals surface area contributed by atoms with E-state index < -0.39 is 0 Å². The molecule has 0 aromatic heterocycles. The van der Waals surface area contributed by atoms with Gasteiger partial charge in [-0.3, -0.25) is 0 Å². The molecule has 1 aromatic rings. The molecule has 4 heteroatoms. The first kappa shape index (κ1) is 11.2. The summed E-state index contributed by atoms with van der Waals surface area (Å²) in [7, 11) is 0. The second kappa shape index (κ2) is 5.17. The summed E-state index contributed by atoms with van der Waals surface area (Å²) in [5.41, 5.74) is 1.12. The number of benzene rings is 1. The minimum Gasteiger partial charge on any atom is -0.314 e. The molecule has 1 fully saturated rings. The van der Waals surface area contributed by atoms with Crippen molar-refractivity contribution < 1.29 is 0 Å². The van der Waals surface area contributed by atoms with E-state index in [-0.39, 0.29) is 0 Å². The van der Waals surface area contributed by atoms with Crippen LogP contribution >= 0.6 is 23.2 Å². The first-order valence-electron chi connectivity index (χ1n) is 5.14. The molecule has 2 rings (SSSR count). The van der Waals surface area contributed by atoms with E-state index in [0.29, 0.717) is 6.04 Å². The van der Waals surface area contributed by atoms with Crippen molar-refractivity contribution in [1.82, 2.24) is 10.6 Å². The maximum Gasteiger partial charge on any atom is 0.0439 e. The molecular formula is C11H14Cl2N2. The highest BCUT2D eigenvalue weighted by molar-refractivity contribution is 6.33. The Hall–Kier alpha value is -0.280. The highest BCUT2D eigenvalue weighted by Crippen LogP contribution is 2.21. The second-order valence-electron chi connectivity index (χ2n) is 3.80. The fourth-order valence-corrected chi connectivity index (χ4v) is 2.21. The molecule has 1 heterocycles. The van der Waals surface area contributed by atoms with Crippen molar-refractivity contribution in [3.05, 3.63) is 33.8 Å². The van der Waals surface area contributed by atoms with E-state index in [0.717, 1.165) is 41.7 Å². The van der Waals surface area contributed by atoms with Crippen LogP contribution in [0.3, 0.4) is 0 Å².